The molecule has 1 saturated heterocycles. The van der Waals surface area contributed by atoms with Gasteiger partial charge in [0.1, 0.15) is 5.82 Å². The first-order valence-electron chi connectivity index (χ1n) is 10.6. The van der Waals surface area contributed by atoms with Gasteiger partial charge >= 0.3 is 6.03 Å². The van der Waals surface area contributed by atoms with Crippen LogP contribution in [-0.2, 0) is 11.2 Å². The van der Waals surface area contributed by atoms with Gasteiger partial charge in [0, 0.05) is 44.1 Å². The molecule has 1 fully saturated rings. The van der Waals surface area contributed by atoms with E-state index in [1.165, 1.54) is 6.07 Å². The Morgan fingerprint density at radius 3 is 2.62 bits per heavy atom. The average Bonchev–Trinajstić information content (AvgIpc) is 3.35. The van der Waals surface area contributed by atoms with Crippen LogP contribution in [0.1, 0.15) is 18.4 Å². The van der Waals surface area contributed by atoms with Crippen LogP contribution in [0.5, 0.6) is 0 Å². The van der Waals surface area contributed by atoms with Crippen molar-refractivity contribution in [3.63, 3.8) is 0 Å². The Bertz CT molecular complexity index is 1060. The molecule has 3 heterocycles. The molecule has 2 N–H and O–H groups in total. The van der Waals surface area contributed by atoms with Gasteiger partial charge in [-0.3, -0.25) is 4.79 Å². The van der Waals surface area contributed by atoms with Crippen molar-refractivity contribution in [3.05, 3.63) is 72.4 Å². The van der Waals surface area contributed by atoms with Crippen molar-refractivity contribution in [2.24, 2.45) is 5.92 Å². The first-order chi connectivity index (χ1) is 15.6. The van der Waals surface area contributed by atoms with Gasteiger partial charge in [0.15, 0.2) is 5.82 Å². The molecule has 3 amide bonds. The minimum absolute atomic E-state index is 0.0466. The number of anilines is 1. The summed E-state index contributed by atoms with van der Waals surface area (Å²) < 4.78 is 15.3. The normalized spacial score (nSPS) is 14.2. The van der Waals surface area contributed by atoms with Crippen molar-refractivity contribution < 1.29 is 14.0 Å². The first kappa shape index (κ1) is 21.5. The maximum Gasteiger partial charge on any atom is 0.321 e. The number of halogens is 1. The molecular formula is C23H25FN6O2. The van der Waals surface area contributed by atoms with Crippen LogP contribution in [0.4, 0.5) is 14.9 Å². The summed E-state index contributed by atoms with van der Waals surface area (Å²) >= 11 is 0. The van der Waals surface area contributed by atoms with Crippen molar-refractivity contribution >= 4 is 17.6 Å². The van der Waals surface area contributed by atoms with Crippen LogP contribution in [0, 0.1) is 11.7 Å². The number of urea groups is 1. The number of nitrogens with one attached hydrogen (secondary N) is 2. The van der Waals surface area contributed by atoms with E-state index in [1.54, 1.807) is 64.6 Å². The second-order valence-corrected chi connectivity index (χ2v) is 7.65. The number of carbonyl (C=O) groups excluding carboxylic acids is 2. The van der Waals surface area contributed by atoms with Crippen LogP contribution in [0.3, 0.4) is 0 Å². The SMILES string of the molecule is O=C(NCCc1ccccc1F)C1CCN(C(=O)Nc2cccnc2-n2cccn2)CC1. The lowest BCUT2D eigenvalue weighted by Gasteiger charge is -2.31. The molecule has 0 aliphatic carbocycles. The van der Waals surface area contributed by atoms with E-state index in [1.807, 2.05) is 0 Å². The molecule has 166 valence electrons. The Morgan fingerprint density at radius 1 is 1.06 bits per heavy atom. The summed E-state index contributed by atoms with van der Waals surface area (Å²) in [7, 11) is 0. The van der Waals surface area contributed by atoms with Crippen LogP contribution in [-0.4, -0.2) is 51.2 Å². The molecule has 3 aromatic rings. The molecule has 0 bridgehead atoms. The molecule has 1 aliphatic heterocycles. The summed E-state index contributed by atoms with van der Waals surface area (Å²) in [5.41, 5.74) is 1.15. The number of nitrogens with zero attached hydrogens (tertiary/aromatic N) is 4. The number of carbonyl (C=O) groups is 2. The highest BCUT2D eigenvalue weighted by Gasteiger charge is 2.27. The van der Waals surface area contributed by atoms with Gasteiger partial charge in [0.2, 0.25) is 5.91 Å². The number of aromatic nitrogens is 3. The van der Waals surface area contributed by atoms with Crippen LogP contribution in [0.2, 0.25) is 0 Å². The molecule has 32 heavy (non-hydrogen) atoms. The standard InChI is InChI=1S/C23H25FN6O2/c24-19-6-2-1-5-17(19)8-13-26-22(31)18-9-15-29(16-10-18)23(32)28-20-7-3-11-25-21(20)30-14-4-12-27-30/h1-7,11-12,14,18H,8-10,13,15-16H2,(H,26,31)(H,28,32). The van der Waals surface area contributed by atoms with Gasteiger partial charge < -0.3 is 15.5 Å². The van der Waals surface area contributed by atoms with Crippen LogP contribution in [0.25, 0.3) is 5.82 Å². The highest BCUT2D eigenvalue weighted by atomic mass is 19.1. The third kappa shape index (κ3) is 5.11. The van der Waals surface area contributed by atoms with E-state index in [0.29, 0.717) is 56.0 Å². The summed E-state index contributed by atoms with van der Waals surface area (Å²) in [5.74, 6) is 0.0766. The lowest BCUT2D eigenvalue weighted by Crippen LogP contribution is -2.45. The zero-order chi connectivity index (χ0) is 22.3. The maximum atomic E-state index is 13.7. The number of pyridine rings is 1. The third-order valence-corrected chi connectivity index (χ3v) is 5.55. The zero-order valence-electron chi connectivity index (χ0n) is 17.6. The molecule has 0 spiro atoms. The van der Waals surface area contributed by atoms with Crippen molar-refractivity contribution in [3.8, 4) is 5.82 Å². The summed E-state index contributed by atoms with van der Waals surface area (Å²) in [6, 6.07) is 11.6. The Balaban J connectivity index is 1.25. The molecule has 9 heteroatoms. The molecule has 1 aromatic carbocycles. The van der Waals surface area contributed by atoms with Crippen LogP contribution >= 0.6 is 0 Å². The van der Waals surface area contributed by atoms with E-state index in [-0.39, 0.29) is 23.7 Å². The minimum Gasteiger partial charge on any atom is -0.356 e. The van der Waals surface area contributed by atoms with Crippen LogP contribution in [0.15, 0.2) is 61.1 Å². The quantitative estimate of drug-likeness (QED) is 0.621. The first-order valence-corrected chi connectivity index (χ1v) is 10.6. The molecule has 0 atom stereocenters. The Morgan fingerprint density at radius 2 is 1.88 bits per heavy atom. The van der Waals surface area contributed by atoms with Gasteiger partial charge in [-0.05, 0) is 49.1 Å². The van der Waals surface area contributed by atoms with Gasteiger partial charge in [-0.1, -0.05) is 18.2 Å². The highest BCUT2D eigenvalue weighted by Crippen LogP contribution is 2.21. The van der Waals surface area contributed by atoms with Crippen molar-refractivity contribution in [2.75, 3.05) is 25.0 Å². The Hall–Kier alpha value is -3.75. The van der Waals surface area contributed by atoms with E-state index < -0.39 is 0 Å². The summed E-state index contributed by atoms with van der Waals surface area (Å²) in [6.07, 6.45) is 6.66. The number of piperidine rings is 1. The van der Waals surface area contributed by atoms with Gasteiger partial charge in [0.25, 0.3) is 0 Å². The van der Waals surface area contributed by atoms with Crippen molar-refractivity contribution in [1.82, 2.24) is 25.0 Å². The number of hydrogen-bond acceptors (Lipinski definition) is 4. The zero-order valence-corrected chi connectivity index (χ0v) is 17.6. The van der Waals surface area contributed by atoms with E-state index in [4.69, 9.17) is 0 Å². The largest absolute Gasteiger partial charge is 0.356 e. The van der Waals surface area contributed by atoms with Gasteiger partial charge in [0.05, 0.1) is 5.69 Å². The average molecular weight is 436 g/mol. The highest BCUT2D eigenvalue weighted by molar-refractivity contribution is 5.91. The lowest BCUT2D eigenvalue weighted by atomic mass is 9.96. The summed E-state index contributed by atoms with van der Waals surface area (Å²) in [6.45, 7) is 1.35. The molecular weight excluding hydrogens is 411 g/mol. The second-order valence-electron chi connectivity index (χ2n) is 7.65. The summed E-state index contributed by atoms with van der Waals surface area (Å²) in [4.78, 5) is 31.2. The minimum atomic E-state index is -0.259. The number of benzene rings is 1. The molecule has 4 rings (SSSR count). The Kier molecular flexibility index (Phi) is 6.74. The lowest BCUT2D eigenvalue weighted by molar-refractivity contribution is -0.126. The maximum absolute atomic E-state index is 13.7. The number of likely N-dealkylation sites (tertiary alicyclic amines) is 1. The molecule has 0 radical (unpaired) electrons. The molecule has 2 aromatic heterocycles. The monoisotopic (exact) mass is 436 g/mol. The number of hydrogen-bond donors (Lipinski definition) is 2. The fourth-order valence-electron chi connectivity index (χ4n) is 3.78. The van der Waals surface area contributed by atoms with Crippen LogP contribution < -0.4 is 10.6 Å². The van der Waals surface area contributed by atoms with Crippen molar-refractivity contribution in [1.29, 1.82) is 0 Å². The van der Waals surface area contributed by atoms with E-state index >= 15 is 0 Å². The van der Waals surface area contributed by atoms with E-state index in [2.05, 4.69) is 20.7 Å². The predicted octanol–water partition coefficient (Wildman–Crippen LogP) is 3.01. The smallest absolute Gasteiger partial charge is 0.321 e. The van der Waals surface area contributed by atoms with Gasteiger partial charge in [-0.2, -0.15) is 5.10 Å². The Labute approximate surface area is 185 Å². The fourth-order valence-corrected chi connectivity index (χ4v) is 3.78. The predicted molar refractivity (Wildman–Crippen MR) is 118 cm³/mol. The number of amides is 3. The number of rotatable bonds is 6. The fraction of sp³-hybridized carbons (Fsp3) is 0.304. The molecule has 1 aliphatic rings. The third-order valence-electron chi connectivity index (χ3n) is 5.55. The van der Waals surface area contributed by atoms with E-state index in [0.717, 1.165) is 0 Å². The molecule has 0 saturated carbocycles. The van der Waals surface area contributed by atoms with Gasteiger partial charge in [-0.15, -0.1) is 0 Å². The topological polar surface area (TPSA) is 92.2 Å². The molecule has 8 nitrogen and oxygen atoms in total. The summed E-state index contributed by atoms with van der Waals surface area (Å²) in [5, 5.41) is 9.96. The van der Waals surface area contributed by atoms with Gasteiger partial charge in [-0.25, -0.2) is 18.9 Å². The molecule has 0 unspecified atom stereocenters. The van der Waals surface area contributed by atoms with E-state index in [9.17, 15) is 14.0 Å². The second kappa shape index (κ2) is 10.0. The van der Waals surface area contributed by atoms with Crippen molar-refractivity contribution in [2.45, 2.75) is 19.3 Å².